The van der Waals surface area contributed by atoms with Gasteiger partial charge < -0.3 is 24.7 Å². The number of rotatable bonds is 9. The van der Waals surface area contributed by atoms with E-state index in [0.717, 1.165) is 39.8 Å². The molecule has 0 saturated carbocycles. The van der Waals surface area contributed by atoms with Gasteiger partial charge in [0.2, 0.25) is 5.91 Å². The molecule has 0 unspecified atom stereocenters. The molecule has 0 aliphatic rings. The molecular formula is C28H30N4O3. The quantitative estimate of drug-likeness (QED) is 0.349. The van der Waals surface area contributed by atoms with Crippen molar-refractivity contribution in [1.29, 1.82) is 0 Å². The molecule has 0 spiro atoms. The van der Waals surface area contributed by atoms with E-state index in [-0.39, 0.29) is 5.91 Å². The number of nitrogens with one attached hydrogen (secondary N) is 2. The lowest BCUT2D eigenvalue weighted by Crippen LogP contribution is -2.20. The van der Waals surface area contributed by atoms with Gasteiger partial charge in [0, 0.05) is 42.5 Å². The van der Waals surface area contributed by atoms with E-state index in [2.05, 4.69) is 58.5 Å². The summed E-state index contributed by atoms with van der Waals surface area (Å²) in [5.74, 6) is 1.09. The van der Waals surface area contributed by atoms with Gasteiger partial charge in [0.25, 0.3) is 0 Å². The number of ether oxygens (including phenoxy) is 2. The van der Waals surface area contributed by atoms with E-state index in [1.807, 2.05) is 36.5 Å². The Morgan fingerprint density at radius 2 is 1.89 bits per heavy atom. The molecule has 2 heterocycles. The number of amides is 1. The van der Waals surface area contributed by atoms with Gasteiger partial charge in [-0.2, -0.15) is 0 Å². The number of carbonyl (C=O) groups is 1. The van der Waals surface area contributed by atoms with Gasteiger partial charge in [0.15, 0.2) is 11.5 Å². The summed E-state index contributed by atoms with van der Waals surface area (Å²) in [6, 6.07) is 16.1. The molecule has 35 heavy (non-hydrogen) atoms. The Morgan fingerprint density at radius 3 is 2.66 bits per heavy atom. The second-order valence-corrected chi connectivity index (χ2v) is 8.50. The zero-order valence-corrected chi connectivity index (χ0v) is 20.5. The summed E-state index contributed by atoms with van der Waals surface area (Å²) in [6.07, 6.45) is 7.04. The Hall–Kier alpha value is -4.10. The number of nitrogens with zero attached hydrogens (tertiary/aromatic N) is 2. The molecule has 0 aliphatic heterocycles. The van der Waals surface area contributed by atoms with Crippen molar-refractivity contribution >= 4 is 23.0 Å². The van der Waals surface area contributed by atoms with Crippen molar-refractivity contribution in [3.05, 3.63) is 83.7 Å². The molecule has 7 nitrogen and oxygen atoms in total. The summed E-state index contributed by atoms with van der Waals surface area (Å²) in [7, 11) is 7.30. The van der Waals surface area contributed by atoms with Gasteiger partial charge in [-0.05, 0) is 66.7 Å². The fourth-order valence-corrected chi connectivity index (χ4v) is 4.06. The zero-order valence-electron chi connectivity index (χ0n) is 20.5. The normalized spacial score (nSPS) is 11.3. The molecule has 180 valence electrons. The molecule has 4 aromatic rings. The average Bonchev–Trinajstić information content (AvgIpc) is 3.29. The molecule has 2 N–H and O–H groups in total. The highest BCUT2D eigenvalue weighted by Crippen LogP contribution is 2.31. The van der Waals surface area contributed by atoms with Crippen molar-refractivity contribution in [3.8, 4) is 22.6 Å². The lowest BCUT2D eigenvalue weighted by atomic mass is 9.99. The first-order valence-corrected chi connectivity index (χ1v) is 11.4. The minimum absolute atomic E-state index is 0.187. The number of pyridine rings is 1. The van der Waals surface area contributed by atoms with E-state index in [4.69, 9.17) is 9.47 Å². The van der Waals surface area contributed by atoms with E-state index in [9.17, 15) is 4.79 Å². The third-order valence-electron chi connectivity index (χ3n) is 5.67. The molecule has 0 aliphatic carbocycles. The van der Waals surface area contributed by atoms with Crippen LogP contribution in [-0.2, 0) is 17.9 Å². The zero-order chi connectivity index (χ0) is 24.8. The topological polar surface area (TPSA) is 79.5 Å². The van der Waals surface area contributed by atoms with Crippen molar-refractivity contribution in [2.75, 3.05) is 28.3 Å². The molecule has 0 fully saturated rings. The maximum atomic E-state index is 12.5. The first-order chi connectivity index (χ1) is 17.0. The van der Waals surface area contributed by atoms with E-state index in [0.29, 0.717) is 18.0 Å². The third-order valence-corrected chi connectivity index (χ3v) is 5.67. The van der Waals surface area contributed by atoms with Crippen LogP contribution in [0.3, 0.4) is 0 Å². The van der Waals surface area contributed by atoms with Crippen LogP contribution in [0.25, 0.3) is 28.2 Å². The minimum atomic E-state index is -0.187. The largest absolute Gasteiger partial charge is 0.493 e. The first-order valence-electron chi connectivity index (χ1n) is 11.4. The Labute approximate surface area is 205 Å². The summed E-state index contributed by atoms with van der Waals surface area (Å²) in [6.45, 7) is 1.24. The second-order valence-electron chi connectivity index (χ2n) is 8.50. The second kappa shape index (κ2) is 10.9. The number of fused-ring (bicyclic) bond motifs is 1. The third kappa shape index (κ3) is 5.70. The van der Waals surface area contributed by atoms with Crippen LogP contribution in [0, 0.1) is 0 Å². The predicted molar refractivity (Wildman–Crippen MR) is 139 cm³/mol. The molecule has 0 saturated heterocycles. The van der Waals surface area contributed by atoms with Crippen LogP contribution < -0.4 is 14.8 Å². The van der Waals surface area contributed by atoms with Crippen LogP contribution in [0.1, 0.15) is 16.7 Å². The predicted octanol–water partition coefficient (Wildman–Crippen LogP) is 4.64. The van der Waals surface area contributed by atoms with Gasteiger partial charge in [-0.15, -0.1) is 0 Å². The van der Waals surface area contributed by atoms with Crippen molar-refractivity contribution < 1.29 is 14.3 Å². The van der Waals surface area contributed by atoms with Crippen LogP contribution in [0.2, 0.25) is 0 Å². The smallest absolute Gasteiger partial charge is 0.244 e. The lowest BCUT2D eigenvalue weighted by molar-refractivity contribution is -0.116. The summed E-state index contributed by atoms with van der Waals surface area (Å²) in [5.41, 5.74) is 6.03. The van der Waals surface area contributed by atoms with Gasteiger partial charge in [0.1, 0.15) is 5.65 Å². The van der Waals surface area contributed by atoms with E-state index in [1.165, 1.54) is 5.56 Å². The molecule has 1 amide bonds. The van der Waals surface area contributed by atoms with Crippen LogP contribution in [0.5, 0.6) is 11.5 Å². The summed E-state index contributed by atoms with van der Waals surface area (Å²) >= 11 is 0. The van der Waals surface area contributed by atoms with Crippen molar-refractivity contribution in [2.24, 2.45) is 0 Å². The molecule has 0 bridgehead atoms. The van der Waals surface area contributed by atoms with E-state index in [1.54, 1.807) is 26.5 Å². The summed E-state index contributed by atoms with van der Waals surface area (Å²) in [4.78, 5) is 22.4. The van der Waals surface area contributed by atoms with Gasteiger partial charge in [0.05, 0.1) is 14.2 Å². The SMILES string of the molecule is COc1ccc(CNC(=O)/C=C/c2c[nH]c3nccc(-c4cccc(CN(C)C)c4)c23)cc1OC. The average molecular weight is 471 g/mol. The number of aromatic nitrogens is 2. The Balaban J connectivity index is 1.53. The number of H-pyrrole nitrogens is 1. The van der Waals surface area contributed by atoms with Crippen molar-refractivity contribution in [3.63, 3.8) is 0 Å². The number of hydrogen-bond acceptors (Lipinski definition) is 5. The van der Waals surface area contributed by atoms with Gasteiger partial charge in [-0.1, -0.05) is 24.3 Å². The Kier molecular flexibility index (Phi) is 7.48. The van der Waals surface area contributed by atoms with E-state index < -0.39 is 0 Å². The van der Waals surface area contributed by atoms with Crippen LogP contribution >= 0.6 is 0 Å². The number of aromatic amines is 1. The molecular weight excluding hydrogens is 440 g/mol. The molecule has 7 heteroatoms. The summed E-state index contributed by atoms with van der Waals surface area (Å²) in [5, 5.41) is 3.90. The molecule has 2 aromatic heterocycles. The Bertz CT molecular complexity index is 1360. The van der Waals surface area contributed by atoms with Crippen molar-refractivity contribution in [1.82, 2.24) is 20.2 Å². The van der Waals surface area contributed by atoms with E-state index >= 15 is 0 Å². The molecule has 2 aromatic carbocycles. The van der Waals surface area contributed by atoms with Gasteiger partial charge in [-0.25, -0.2) is 4.98 Å². The van der Waals surface area contributed by atoms with Gasteiger partial charge in [-0.3, -0.25) is 4.79 Å². The standard InChI is InChI=1S/C28H30N4O3/c1-32(2)18-20-6-5-7-21(14-20)23-12-13-29-28-27(23)22(17-31-28)9-11-26(33)30-16-19-8-10-24(34-3)25(15-19)35-4/h5-15,17H,16,18H2,1-4H3,(H,29,31)(H,30,33)/b11-9+. The molecule has 0 radical (unpaired) electrons. The molecule has 4 rings (SSSR count). The first kappa shape index (κ1) is 24.0. The van der Waals surface area contributed by atoms with Crippen molar-refractivity contribution in [2.45, 2.75) is 13.1 Å². The number of benzene rings is 2. The Morgan fingerprint density at radius 1 is 1.06 bits per heavy atom. The monoisotopic (exact) mass is 470 g/mol. The lowest BCUT2D eigenvalue weighted by Gasteiger charge is -2.11. The van der Waals surface area contributed by atoms with Crippen LogP contribution in [0.15, 0.2) is 67.0 Å². The fraction of sp³-hybridized carbons (Fsp3) is 0.214. The maximum absolute atomic E-state index is 12.5. The summed E-state index contributed by atoms with van der Waals surface area (Å²) < 4.78 is 10.6. The minimum Gasteiger partial charge on any atom is -0.493 e. The highest BCUT2D eigenvalue weighted by atomic mass is 16.5. The highest BCUT2D eigenvalue weighted by molar-refractivity contribution is 6.01. The number of methoxy groups -OCH3 is 2. The van der Waals surface area contributed by atoms with Crippen LogP contribution in [0.4, 0.5) is 0 Å². The maximum Gasteiger partial charge on any atom is 0.244 e. The fourth-order valence-electron chi connectivity index (χ4n) is 4.06. The van der Waals surface area contributed by atoms with Crippen LogP contribution in [-0.4, -0.2) is 49.1 Å². The number of carbonyl (C=O) groups excluding carboxylic acids is 1. The van der Waals surface area contributed by atoms with Gasteiger partial charge >= 0.3 is 0 Å². The number of hydrogen-bond donors (Lipinski definition) is 2. The molecule has 0 atom stereocenters. The highest BCUT2D eigenvalue weighted by Gasteiger charge is 2.11.